The Morgan fingerprint density at radius 3 is 2.67 bits per heavy atom. The first-order valence-electron chi connectivity index (χ1n) is 9.89. The van der Waals surface area contributed by atoms with Crippen molar-refractivity contribution in [2.45, 2.75) is 32.6 Å². The molecule has 0 atom stereocenters. The zero-order valence-corrected chi connectivity index (χ0v) is 17.8. The highest BCUT2D eigenvalue weighted by Gasteiger charge is 2.17. The molecule has 4 rings (SSSR count). The standard InChI is InChI=1S/C22H24N2O5S/c1-3-30(26,27)24-19-8-7-17(12-21(19)28-2)23-22(25)11-16-13-29-20-10-15-6-4-5-14(15)9-18(16)20/h7-10,12-13,24H,3-6,11H2,1-2H3,(H,23,25). The van der Waals surface area contributed by atoms with Crippen LogP contribution in [0, 0.1) is 0 Å². The number of fused-ring (bicyclic) bond motifs is 2. The van der Waals surface area contributed by atoms with Crippen molar-refractivity contribution < 1.29 is 22.4 Å². The zero-order valence-electron chi connectivity index (χ0n) is 16.9. The molecule has 0 aliphatic heterocycles. The van der Waals surface area contributed by atoms with Crippen LogP contribution in [0.5, 0.6) is 5.75 Å². The molecule has 1 heterocycles. The summed E-state index contributed by atoms with van der Waals surface area (Å²) in [5, 5.41) is 3.82. The van der Waals surface area contributed by atoms with Crippen molar-refractivity contribution >= 4 is 38.3 Å². The molecule has 30 heavy (non-hydrogen) atoms. The van der Waals surface area contributed by atoms with E-state index in [-0.39, 0.29) is 18.1 Å². The Kier molecular flexibility index (Phi) is 5.42. The van der Waals surface area contributed by atoms with Gasteiger partial charge in [0.1, 0.15) is 11.3 Å². The number of carbonyl (C=O) groups is 1. The van der Waals surface area contributed by atoms with E-state index in [0.717, 1.165) is 35.8 Å². The van der Waals surface area contributed by atoms with Gasteiger partial charge in [-0.05, 0) is 61.6 Å². The minimum atomic E-state index is -3.43. The summed E-state index contributed by atoms with van der Waals surface area (Å²) < 4.78 is 37.0. The Morgan fingerprint density at radius 2 is 1.93 bits per heavy atom. The van der Waals surface area contributed by atoms with Gasteiger partial charge >= 0.3 is 0 Å². The third-order valence-corrected chi connectivity index (χ3v) is 6.64. The molecule has 7 nitrogen and oxygen atoms in total. The lowest BCUT2D eigenvalue weighted by molar-refractivity contribution is -0.115. The second-order valence-corrected chi connectivity index (χ2v) is 9.39. The van der Waals surface area contributed by atoms with Gasteiger partial charge in [0.05, 0.1) is 31.2 Å². The SMILES string of the molecule is CCS(=O)(=O)Nc1ccc(NC(=O)Cc2coc3cc4c(cc23)CCC4)cc1OC. The van der Waals surface area contributed by atoms with E-state index in [1.807, 2.05) is 0 Å². The summed E-state index contributed by atoms with van der Waals surface area (Å²) in [5.41, 5.74) is 5.17. The number of nitrogens with one attached hydrogen (secondary N) is 2. The van der Waals surface area contributed by atoms with E-state index in [2.05, 4.69) is 22.2 Å². The lowest BCUT2D eigenvalue weighted by Gasteiger charge is -2.13. The average molecular weight is 429 g/mol. The van der Waals surface area contributed by atoms with Crippen LogP contribution in [0.1, 0.15) is 30.0 Å². The number of benzene rings is 2. The molecule has 0 bridgehead atoms. The molecule has 0 radical (unpaired) electrons. The molecule has 0 unspecified atom stereocenters. The minimum absolute atomic E-state index is 0.0451. The van der Waals surface area contributed by atoms with Crippen molar-refractivity contribution in [3.8, 4) is 5.75 Å². The maximum atomic E-state index is 12.6. The van der Waals surface area contributed by atoms with Gasteiger partial charge in [-0.1, -0.05) is 0 Å². The Morgan fingerprint density at radius 1 is 1.17 bits per heavy atom. The monoisotopic (exact) mass is 428 g/mol. The number of hydrogen-bond acceptors (Lipinski definition) is 5. The van der Waals surface area contributed by atoms with E-state index in [4.69, 9.17) is 9.15 Å². The lowest BCUT2D eigenvalue weighted by atomic mass is 10.0. The van der Waals surface area contributed by atoms with Crippen LogP contribution < -0.4 is 14.8 Å². The maximum Gasteiger partial charge on any atom is 0.232 e. The first-order valence-corrected chi connectivity index (χ1v) is 11.5. The van der Waals surface area contributed by atoms with Crippen molar-refractivity contribution in [3.63, 3.8) is 0 Å². The number of furan rings is 1. The van der Waals surface area contributed by atoms with Crippen LogP contribution >= 0.6 is 0 Å². The third-order valence-electron chi connectivity index (χ3n) is 5.35. The van der Waals surface area contributed by atoms with Crippen molar-refractivity contribution in [1.82, 2.24) is 0 Å². The largest absolute Gasteiger partial charge is 0.494 e. The molecule has 8 heteroatoms. The molecular formula is C22H24N2O5S. The maximum absolute atomic E-state index is 12.6. The summed E-state index contributed by atoms with van der Waals surface area (Å²) in [6.45, 7) is 1.55. The first-order chi connectivity index (χ1) is 14.4. The van der Waals surface area contributed by atoms with Crippen molar-refractivity contribution in [2.75, 3.05) is 22.9 Å². The molecule has 0 fully saturated rings. The first kappa shape index (κ1) is 20.3. The van der Waals surface area contributed by atoms with Gasteiger partial charge in [-0.15, -0.1) is 0 Å². The van der Waals surface area contributed by atoms with E-state index < -0.39 is 10.0 Å². The molecule has 1 aromatic heterocycles. The van der Waals surface area contributed by atoms with Gasteiger partial charge in [0.25, 0.3) is 0 Å². The van der Waals surface area contributed by atoms with Crippen LogP contribution in [-0.2, 0) is 34.1 Å². The summed E-state index contributed by atoms with van der Waals surface area (Å²) >= 11 is 0. The summed E-state index contributed by atoms with van der Waals surface area (Å²) in [5.74, 6) is 0.0903. The molecule has 2 aromatic carbocycles. The molecule has 158 valence electrons. The normalized spacial score (nSPS) is 13.3. The number of carbonyl (C=O) groups excluding carboxylic acids is 1. The molecule has 2 N–H and O–H groups in total. The highest BCUT2D eigenvalue weighted by atomic mass is 32.2. The van der Waals surface area contributed by atoms with Crippen molar-refractivity contribution in [3.05, 3.63) is 53.3 Å². The second-order valence-electron chi connectivity index (χ2n) is 7.38. The van der Waals surface area contributed by atoms with E-state index in [9.17, 15) is 13.2 Å². The molecular weight excluding hydrogens is 404 g/mol. The third kappa shape index (κ3) is 4.14. The smallest absolute Gasteiger partial charge is 0.232 e. The highest BCUT2D eigenvalue weighted by molar-refractivity contribution is 7.92. The second kappa shape index (κ2) is 8.02. The average Bonchev–Trinajstić information content (AvgIpc) is 3.33. The van der Waals surface area contributed by atoms with Crippen molar-refractivity contribution in [1.29, 1.82) is 0 Å². The lowest BCUT2D eigenvalue weighted by Crippen LogP contribution is -2.16. The van der Waals surface area contributed by atoms with Gasteiger partial charge in [-0.2, -0.15) is 0 Å². The fourth-order valence-electron chi connectivity index (χ4n) is 3.76. The molecule has 3 aromatic rings. The fourth-order valence-corrected chi connectivity index (χ4v) is 4.40. The number of rotatable bonds is 7. The van der Waals surface area contributed by atoms with Crippen LogP contribution in [0.15, 0.2) is 41.0 Å². The topological polar surface area (TPSA) is 97.6 Å². The van der Waals surface area contributed by atoms with Crippen LogP contribution in [0.3, 0.4) is 0 Å². The Balaban J connectivity index is 1.50. The predicted molar refractivity (Wildman–Crippen MR) is 117 cm³/mol. The Hall–Kier alpha value is -3.00. The minimum Gasteiger partial charge on any atom is -0.494 e. The molecule has 0 spiro atoms. The zero-order chi connectivity index (χ0) is 21.3. The number of ether oxygens (including phenoxy) is 1. The van der Waals surface area contributed by atoms with Crippen LogP contribution in [-0.4, -0.2) is 27.2 Å². The molecule has 0 saturated carbocycles. The van der Waals surface area contributed by atoms with Crippen LogP contribution in [0.4, 0.5) is 11.4 Å². The van der Waals surface area contributed by atoms with Gasteiger partial charge in [-0.25, -0.2) is 8.42 Å². The molecule has 1 aliphatic rings. The number of hydrogen-bond donors (Lipinski definition) is 2. The summed E-state index contributed by atoms with van der Waals surface area (Å²) in [6, 6.07) is 9.01. The Bertz CT molecular complexity index is 1210. The van der Waals surface area contributed by atoms with E-state index in [0.29, 0.717) is 17.1 Å². The van der Waals surface area contributed by atoms with Gasteiger partial charge in [-0.3, -0.25) is 9.52 Å². The van der Waals surface area contributed by atoms with E-state index in [1.165, 1.54) is 18.2 Å². The summed E-state index contributed by atoms with van der Waals surface area (Å²) in [4.78, 5) is 12.6. The number of aryl methyl sites for hydroxylation is 2. The van der Waals surface area contributed by atoms with Crippen LogP contribution in [0.25, 0.3) is 11.0 Å². The van der Waals surface area contributed by atoms with E-state index >= 15 is 0 Å². The highest BCUT2D eigenvalue weighted by Crippen LogP contribution is 2.31. The summed E-state index contributed by atoms with van der Waals surface area (Å²) in [6.07, 6.45) is 5.12. The van der Waals surface area contributed by atoms with Crippen LogP contribution in [0.2, 0.25) is 0 Å². The van der Waals surface area contributed by atoms with Crippen molar-refractivity contribution in [2.24, 2.45) is 0 Å². The quantitative estimate of drug-likeness (QED) is 0.595. The Labute approximate surface area is 175 Å². The number of anilines is 2. The van der Waals surface area contributed by atoms with Gasteiger partial charge < -0.3 is 14.5 Å². The van der Waals surface area contributed by atoms with Gasteiger partial charge in [0.2, 0.25) is 15.9 Å². The number of methoxy groups -OCH3 is 1. The van der Waals surface area contributed by atoms with E-state index in [1.54, 1.807) is 31.4 Å². The van der Waals surface area contributed by atoms with Gasteiger partial charge in [0.15, 0.2) is 0 Å². The molecule has 1 aliphatic carbocycles. The predicted octanol–water partition coefficient (Wildman–Crippen LogP) is 3.87. The van der Waals surface area contributed by atoms with Gasteiger partial charge in [0, 0.05) is 22.7 Å². The molecule has 1 amide bonds. The number of sulfonamides is 1. The summed E-state index contributed by atoms with van der Waals surface area (Å²) in [7, 11) is -1.98. The molecule has 0 saturated heterocycles. The fraction of sp³-hybridized carbons (Fsp3) is 0.318. The number of amides is 1.